The summed E-state index contributed by atoms with van der Waals surface area (Å²) in [4.78, 5) is 15.8. The summed E-state index contributed by atoms with van der Waals surface area (Å²) < 4.78 is 7.60. The van der Waals surface area contributed by atoms with Crippen LogP contribution < -0.4 is 4.90 Å². The molecule has 326 valence electrons. The Bertz CT molecular complexity index is 2160. The van der Waals surface area contributed by atoms with Crippen LogP contribution in [0.2, 0.25) is 0 Å². The smallest absolute Gasteiger partial charge is 0.338 e. The molecule has 2 aliphatic rings. The van der Waals surface area contributed by atoms with Crippen molar-refractivity contribution < 1.29 is 14.1 Å². The maximum atomic E-state index is 13.3. The van der Waals surface area contributed by atoms with Gasteiger partial charge in [0.25, 0.3) is 0 Å². The molecular weight excluding hydrogens is 801 g/mol. The van der Waals surface area contributed by atoms with E-state index >= 15 is 0 Å². The van der Waals surface area contributed by atoms with Gasteiger partial charge in [0.05, 0.1) is 18.1 Å². The first kappa shape index (κ1) is 51.9. The number of methoxy groups -OCH3 is 1. The molecule has 0 aromatic heterocycles. The van der Waals surface area contributed by atoms with Crippen molar-refractivity contribution in [3.63, 3.8) is 0 Å². The van der Waals surface area contributed by atoms with Gasteiger partial charge in [-0.25, -0.2) is 4.79 Å². The van der Waals surface area contributed by atoms with E-state index in [9.17, 15) is 4.79 Å². The lowest BCUT2D eigenvalue weighted by Gasteiger charge is -2.27. The third-order valence-corrected chi connectivity index (χ3v) is 11.4. The summed E-state index contributed by atoms with van der Waals surface area (Å²) in [5.74, 6) is 2.23. The van der Waals surface area contributed by atoms with Gasteiger partial charge in [0.2, 0.25) is 5.69 Å². The van der Waals surface area contributed by atoms with Crippen molar-refractivity contribution in [1.29, 1.82) is 0 Å². The zero-order valence-corrected chi connectivity index (χ0v) is 41.8. The summed E-state index contributed by atoms with van der Waals surface area (Å²) >= 11 is 2.94. The second kappa shape index (κ2) is 24.9. The molecule has 60 heavy (non-hydrogen) atoms. The molecule has 0 spiro atoms. The number of rotatable bonds is 12. The Morgan fingerprint density at radius 3 is 1.88 bits per heavy atom. The standard InChI is InChI=1S/C48H57N2O2.3C2H6.CH3Br/c1-33(2)19-12-10-11-17-32-50-41-30-28-36-21-14-16-23-39(36)45(41)48(6,7)43(50)31-26-34(3)37(46(51)52-9)24-18-25-42-47(4,5)44-38-22-15-13-20-35(38)27-29-40(44)49(42)8;4*1-2/h13-16,18,20-31,33H,10-12,17,19,32H2,1-9H3;3*1-2H3;1H3/q+1;;;;. The van der Waals surface area contributed by atoms with Gasteiger partial charge >= 0.3 is 5.97 Å². The summed E-state index contributed by atoms with van der Waals surface area (Å²) in [5, 5.41) is 5.10. The summed E-state index contributed by atoms with van der Waals surface area (Å²) in [6.45, 7) is 28.9. The lowest BCUT2D eigenvalue weighted by atomic mass is 9.79. The van der Waals surface area contributed by atoms with Gasteiger partial charge in [-0.05, 0) is 95.9 Å². The van der Waals surface area contributed by atoms with Crippen molar-refractivity contribution in [2.75, 3.05) is 31.4 Å². The van der Waals surface area contributed by atoms with E-state index in [-0.39, 0.29) is 16.8 Å². The Morgan fingerprint density at radius 2 is 1.30 bits per heavy atom. The SMILES string of the molecule is CBr.CC.CC.CC.COC(=O)C(=C\C=C\C1=[N+](C)c2ccc3ccccc3c2C1(C)C)/C(C)=C/C=C1/N(CCCCCCC(C)C)c2ccc3ccccc3c2C1(C)C. The summed E-state index contributed by atoms with van der Waals surface area (Å²) in [7, 11) is 3.59. The van der Waals surface area contributed by atoms with Crippen LogP contribution in [0.25, 0.3) is 21.5 Å². The monoisotopic (exact) mass is 878 g/mol. The minimum Gasteiger partial charge on any atom is -0.465 e. The van der Waals surface area contributed by atoms with Gasteiger partial charge in [0, 0.05) is 41.1 Å². The van der Waals surface area contributed by atoms with Crippen molar-refractivity contribution in [2.45, 2.75) is 133 Å². The molecule has 0 N–H and O–H groups in total. The van der Waals surface area contributed by atoms with E-state index in [4.69, 9.17) is 4.74 Å². The molecule has 2 aliphatic heterocycles. The van der Waals surface area contributed by atoms with Crippen molar-refractivity contribution in [3.8, 4) is 0 Å². The van der Waals surface area contributed by atoms with Crippen molar-refractivity contribution in [1.82, 2.24) is 0 Å². The average Bonchev–Trinajstić information content (AvgIpc) is 3.62. The van der Waals surface area contributed by atoms with E-state index in [2.05, 4.69) is 165 Å². The Hall–Kier alpha value is -4.22. The number of allylic oxidation sites excluding steroid dienone is 6. The van der Waals surface area contributed by atoms with Crippen LogP contribution in [0.5, 0.6) is 0 Å². The predicted octanol–water partition coefficient (Wildman–Crippen LogP) is 16.0. The number of ether oxygens (including phenoxy) is 1. The van der Waals surface area contributed by atoms with Crippen LogP contribution in [0.4, 0.5) is 11.4 Å². The molecule has 0 saturated heterocycles. The molecule has 4 nitrogen and oxygen atoms in total. The molecule has 0 bridgehead atoms. The molecule has 0 aliphatic carbocycles. The largest absolute Gasteiger partial charge is 0.465 e. The van der Waals surface area contributed by atoms with Gasteiger partial charge in [0.15, 0.2) is 5.71 Å². The van der Waals surface area contributed by atoms with E-state index < -0.39 is 0 Å². The molecule has 0 radical (unpaired) electrons. The normalized spacial score (nSPS) is 15.7. The van der Waals surface area contributed by atoms with Crippen LogP contribution in [-0.2, 0) is 20.4 Å². The van der Waals surface area contributed by atoms with Gasteiger partial charge in [0.1, 0.15) is 7.05 Å². The van der Waals surface area contributed by atoms with Crippen molar-refractivity contribution >= 4 is 60.5 Å². The predicted molar refractivity (Wildman–Crippen MR) is 270 cm³/mol. The number of carbonyl (C=O) groups is 1. The number of anilines is 1. The number of benzene rings is 4. The maximum Gasteiger partial charge on any atom is 0.338 e. The molecule has 5 heteroatoms. The van der Waals surface area contributed by atoms with Gasteiger partial charge in [-0.3, -0.25) is 0 Å². The fraction of sp³-hybridized carbons (Fsp3) is 0.455. The Labute approximate surface area is 374 Å². The third kappa shape index (κ3) is 11.6. The number of nitrogens with zero attached hydrogens (tertiary/aromatic N) is 2. The molecular formula is C55H78BrN2O2+. The minimum atomic E-state index is -0.340. The van der Waals surface area contributed by atoms with Crippen LogP contribution in [0.1, 0.15) is 133 Å². The number of esters is 1. The maximum absolute atomic E-state index is 13.3. The number of hydrogen-bond acceptors (Lipinski definition) is 3. The highest BCUT2D eigenvalue weighted by molar-refractivity contribution is 9.08. The Balaban J connectivity index is 0.00000146. The number of hydrogen-bond donors (Lipinski definition) is 0. The van der Waals surface area contributed by atoms with Crippen LogP contribution >= 0.6 is 15.9 Å². The lowest BCUT2D eigenvalue weighted by Crippen LogP contribution is -2.27. The van der Waals surface area contributed by atoms with E-state index in [0.29, 0.717) is 5.57 Å². The molecule has 4 aromatic carbocycles. The Kier molecular flexibility index (Phi) is 21.5. The van der Waals surface area contributed by atoms with Crippen molar-refractivity contribution in [2.24, 2.45) is 5.92 Å². The fourth-order valence-corrected chi connectivity index (χ4v) is 8.65. The van der Waals surface area contributed by atoms with Crippen LogP contribution in [0.15, 0.2) is 120 Å². The zero-order valence-electron chi connectivity index (χ0n) is 40.2. The van der Waals surface area contributed by atoms with Crippen LogP contribution in [0.3, 0.4) is 0 Å². The minimum absolute atomic E-state index is 0.207. The first-order valence-corrected chi connectivity index (χ1v) is 24.1. The second-order valence-electron chi connectivity index (χ2n) is 16.1. The van der Waals surface area contributed by atoms with E-state index in [1.54, 1.807) is 0 Å². The zero-order chi connectivity index (χ0) is 45.2. The first-order valence-electron chi connectivity index (χ1n) is 22.5. The van der Waals surface area contributed by atoms with Crippen LogP contribution in [-0.4, -0.2) is 42.8 Å². The van der Waals surface area contributed by atoms with Gasteiger partial charge in [-0.2, -0.15) is 4.58 Å². The molecule has 6 rings (SSSR count). The molecule has 4 aromatic rings. The van der Waals surface area contributed by atoms with Crippen molar-refractivity contribution in [3.05, 3.63) is 131 Å². The van der Waals surface area contributed by atoms with Gasteiger partial charge < -0.3 is 9.64 Å². The lowest BCUT2D eigenvalue weighted by molar-refractivity contribution is -0.401. The number of halogens is 1. The summed E-state index contributed by atoms with van der Waals surface area (Å²) in [6, 6.07) is 26.3. The fourth-order valence-electron chi connectivity index (χ4n) is 8.65. The summed E-state index contributed by atoms with van der Waals surface area (Å²) in [6.07, 6.45) is 16.6. The highest BCUT2D eigenvalue weighted by atomic mass is 79.9. The average molecular weight is 879 g/mol. The van der Waals surface area contributed by atoms with Crippen LogP contribution in [0, 0.1) is 5.92 Å². The number of carbonyl (C=O) groups excluding carboxylic acids is 1. The van der Waals surface area contributed by atoms with E-state index in [0.717, 1.165) is 24.5 Å². The molecule has 0 amide bonds. The molecule has 0 fully saturated rings. The topological polar surface area (TPSA) is 32.6 Å². The number of unbranched alkanes of at least 4 members (excludes halogenated alkanes) is 3. The van der Waals surface area contributed by atoms with E-state index in [1.807, 2.05) is 66.5 Å². The third-order valence-electron chi connectivity index (χ3n) is 11.4. The first-order chi connectivity index (χ1) is 28.9. The number of fused-ring (bicyclic) bond motifs is 6. The highest BCUT2D eigenvalue weighted by Crippen LogP contribution is 2.51. The van der Waals surface area contributed by atoms with E-state index in [1.165, 1.54) is 88.2 Å². The molecule has 0 saturated carbocycles. The van der Waals surface area contributed by atoms with Gasteiger partial charge in [-0.1, -0.05) is 178 Å². The van der Waals surface area contributed by atoms with Gasteiger partial charge in [-0.15, -0.1) is 0 Å². The second-order valence-corrected chi connectivity index (χ2v) is 16.1. The summed E-state index contributed by atoms with van der Waals surface area (Å²) in [5.41, 5.74) is 8.66. The molecule has 0 atom stereocenters. The highest BCUT2D eigenvalue weighted by Gasteiger charge is 2.44. The number of alkyl halides is 1. The quantitative estimate of drug-likeness (QED) is 0.0355. The molecule has 0 unspecified atom stereocenters. The Morgan fingerprint density at radius 1 is 0.750 bits per heavy atom. The molecule has 2 heterocycles.